The maximum Gasteiger partial charge on any atom is 0.416 e. The Balaban J connectivity index is 1.55. The first-order valence-corrected chi connectivity index (χ1v) is 8.43. The Morgan fingerprint density at radius 2 is 2.15 bits per heavy atom. The lowest BCUT2D eigenvalue weighted by atomic mass is 9.91. The second kappa shape index (κ2) is 7.32. The zero-order valence-corrected chi connectivity index (χ0v) is 14.0. The van der Waals surface area contributed by atoms with E-state index in [4.69, 9.17) is 9.47 Å². The SMILES string of the molecule is C=C1C[C@@H]2[C@@H](/C=C/[C@H](O)COc3cccc(C(F)(F)F)c3)[C@H](O)C[C@@H]2O1. The fourth-order valence-corrected chi connectivity index (χ4v) is 3.56. The normalized spacial score (nSPS) is 29.7. The van der Waals surface area contributed by atoms with E-state index >= 15 is 0 Å². The van der Waals surface area contributed by atoms with E-state index in [0.717, 1.165) is 12.1 Å². The van der Waals surface area contributed by atoms with Crippen LogP contribution in [-0.2, 0) is 10.9 Å². The first-order valence-electron chi connectivity index (χ1n) is 8.43. The van der Waals surface area contributed by atoms with Crippen LogP contribution in [0.2, 0.25) is 0 Å². The smallest absolute Gasteiger partial charge is 0.416 e. The van der Waals surface area contributed by atoms with Crippen molar-refractivity contribution >= 4 is 0 Å². The van der Waals surface area contributed by atoms with Gasteiger partial charge in [-0.3, -0.25) is 0 Å². The number of aliphatic hydroxyl groups excluding tert-OH is 2. The number of allylic oxidation sites excluding steroid dienone is 1. The van der Waals surface area contributed by atoms with Crippen molar-refractivity contribution in [2.75, 3.05) is 6.61 Å². The summed E-state index contributed by atoms with van der Waals surface area (Å²) in [5.74, 6) is 0.722. The lowest BCUT2D eigenvalue weighted by molar-refractivity contribution is -0.137. The summed E-state index contributed by atoms with van der Waals surface area (Å²) in [7, 11) is 0. The van der Waals surface area contributed by atoms with Crippen molar-refractivity contribution in [3.8, 4) is 5.75 Å². The quantitative estimate of drug-likeness (QED) is 0.781. The van der Waals surface area contributed by atoms with Gasteiger partial charge in [0, 0.05) is 24.7 Å². The summed E-state index contributed by atoms with van der Waals surface area (Å²) < 4.78 is 48.8. The van der Waals surface area contributed by atoms with E-state index < -0.39 is 23.9 Å². The van der Waals surface area contributed by atoms with E-state index in [1.54, 1.807) is 6.08 Å². The third-order valence-corrected chi connectivity index (χ3v) is 4.81. The molecule has 1 saturated heterocycles. The van der Waals surface area contributed by atoms with Crippen LogP contribution >= 0.6 is 0 Å². The highest BCUT2D eigenvalue weighted by Gasteiger charge is 2.46. The number of aliphatic hydroxyl groups is 2. The van der Waals surface area contributed by atoms with Gasteiger partial charge in [0.25, 0.3) is 0 Å². The molecule has 1 heterocycles. The van der Waals surface area contributed by atoms with Gasteiger partial charge in [-0.1, -0.05) is 24.8 Å². The summed E-state index contributed by atoms with van der Waals surface area (Å²) in [4.78, 5) is 0. The molecule has 2 N–H and O–H groups in total. The number of ether oxygens (including phenoxy) is 2. The van der Waals surface area contributed by atoms with E-state index in [0.29, 0.717) is 18.6 Å². The molecule has 1 aliphatic carbocycles. The van der Waals surface area contributed by atoms with Gasteiger partial charge >= 0.3 is 6.18 Å². The molecule has 7 heteroatoms. The van der Waals surface area contributed by atoms with Crippen molar-refractivity contribution in [2.45, 2.75) is 37.3 Å². The molecule has 1 aliphatic heterocycles. The molecular weight excluding hydrogens is 349 g/mol. The van der Waals surface area contributed by atoms with Crippen molar-refractivity contribution in [3.05, 3.63) is 54.3 Å². The van der Waals surface area contributed by atoms with Gasteiger partial charge in [0.05, 0.1) is 17.4 Å². The van der Waals surface area contributed by atoms with Gasteiger partial charge in [-0.15, -0.1) is 0 Å². The maximum absolute atomic E-state index is 12.7. The number of fused-ring (bicyclic) bond motifs is 1. The summed E-state index contributed by atoms with van der Waals surface area (Å²) in [5.41, 5.74) is -0.804. The van der Waals surface area contributed by atoms with E-state index in [-0.39, 0.29) is 30.3 Å². The van der Waals surface area contributed by atoms with Crippen molar-refractivity contribution in [2.24, 2.45) is 11.8 Å². The predicted molar refractivity (Wildman–Crippen MR) is 88.3 cm³/mol. The topological polar surface area (TPSA) is 58.9 Å². The van der Waals surface area contributed by atoms with Crippen LogP contribution in [0.1, 0.15) is 18.4 Å². The minimum absolute atomic E-state index is 0.0359. The molecule has 0 aromatic heterocycles. The Morgan fingerprint density at radius 1 is 1.38 bits per heavy atom. The van der Waals surface area contributed by atoms with Crippen LogP contribution < -0.4 is 4.74 Å². The second-order valence-corrected chi connectivity index (χ2v) is 6.73. The first kappa shape index (κ1) is 18.8. The van der Waals surface area contributed by atoms with Crippen LogP contribution in [0, 0.1) is 11.8 Å². The number of hydrogen-bond donors (Lipinski definition) is 2. The lowest BCUT2D eigenvalue weighted by Gasteiger charge is -2.16. The molecule has 26 heavy (non-hydrogen) atoms. The number of halogens is 3. The van der Waals surface area contributed by atoms with Crippen molar-refractivity contribution in [1.82, 2.24) is 0 Å². The Morgan fingerprint density at radius 3 is 2.88 bits per heavy atom. The Bertz CT molecular complexity index is 686. The van der Waals surface area contributed by atoms with Gasteiger partial charge in [0.2, 0.25) is 0 Å². The van der Waals surface area contributed by atoms with Crippen LogP contribution in [0.4, 0.5) is 13.2 Å². The zero-order valence-electron chi connectivity index (χ0n) is 14.0. The molecule has 0 bridgehead atoms. The number of hydrogen-bond acceptors (Lipinski definition) is 4. The highest BCUT2D eigenvalue weighted by molar-refractivity contribution is 5.30. The molecule has 1 aromatic rings. The molecule has 0 radical (unpaired) electrons. The fraction of sp³-hybridized carbons (Fsp3) is 0.474. The van der Waals surface area contributed by atoms with Crippen LogP contribution in [0.25, 0.3) is 0 Å². The summed E-state index contributed by atoms with van der Waals surface area (Å²) in [6, 6.07) is 4.50. The van der Waals surface area contributed by atoms with E-state index in [9.17, 15) is 23.4 Å². The molecule has 0 unspecified atom stereocenters. The highest BCUT2D eigenvalue weighted by atomic mass is 19.4. The molecule has 2 fully saturated rings. The largest absolute Gasteiger partial charge is 0.495 e. The Hall–Kier alpha value is -1.99. The van der Waals surface area contributed by atoms with Crippen molar-refractivity contribution in [1.29, 1.82) is 0 Å². The molecule has 0 spiro atoms. The molecule has 2 aliphatic rings. The maximum atomic E-state index is 12.7. The van der Waals surface area contributed by atoms with Crippen LogP contribution in [0.3, 0.4) is 0 Å². The predicted octanol–water partition coefficient (Wildman–Crippen LogP) is 3.30. The number of alkyl halides is 3. The van der Waals surface area contributed by atoms with Crippen LogP contribution in [0.5, 0.6) is 5.75 Å². The third-order valence-electron chi connectivity index (χ3n) is 4.81. The fourth-order valence-electron chi connectivity index (χ4n) is 3.56. The van der Waals surface area contributed by atoms with E-state index in [1.165, 1.54) is 18.2 Å². The van der Waals surface area contributed by atoms with Gasteiger partial charge in [0.15, 0.2) is 0 Å². The Labute approximate surface area is 149 Å². The van der Waals surface area contributed by atoms with Crippen LogP contribution in [-0.4, -0.2) is 35.1 Å². The molecule has 1 saturated carbocycles. The average molecular weight is 370 g/mol. The molecule has 142 valence electrons. The van der Waals surface area contributed by atoms with Crippen molar-refractivity contribution < 1.29 is 32.9 Å². The Kier molecular flexibility index (Phi) is 5.29. The zero-order chi connectivity index (χ0) is 18.9. The molecule has 3 rings (SSSR count). The van der Waals surface area contributed by atoms with E-state index in [1.807, 2.05) is 0 Å². The van der Waals surface area contributed by atoms with Crippen LogP contribution in [0.15, 0.2) is 48.8 Å². The molecule has 4 nitrogen and oxygen atoms in total. The minimum atomic E-state index is -4.44. The molecule has 5 atom stereocenters. The molecule has 1 aromatic carbocycles. The standard InChI is InChI=1S/C19H21F3O4/c1-11-7-16-15(17(24)9-18(16)26-11)6-5-13(23)10-25-14-4-2-3-12(8-14)19(20,21)22/h2-6,8,13,15-18,23-24H,1,7,9-10H2/b6-5+/t13-,15+,16+,17+,18-/m0/s1. The van der Waals surface area contributed by atoms with Gasteiger partial charge in [-0.25, -0.2) is 0 Å². The third kappa shape index (κ3) is 4.22. The second-order valence-electron chi connectivity index (χ2n) is 6.73. The lowest BCUT2D eigenvalue weighted by Crippen LogP contribution is -2.20. The highest BCUT2D eigenvalue weighted by Crippen LogP contribution is 2.44. The minimum Gasteiger partial charge on any atom is -0.495 e. The van der Waals surface area contributed by atoms with Gasteiger partial charge < -0.3 is 19.7 Å². The van der Waals surface area contributed by atoms with E-state index in [2.05, 4.69) is 6.58 Å². The summed E-state index contributed by atoms with van der Waals surface area (Å²) >= 11 is 0. The summed E-state index contributed by atoms with van der Waals surface area (Å²) in [6.07, 6.45) is -1.61. The molecular formula is C19H21F3O4. The number of rotatable bonds is 5. The van der Waals surface area contributed by atoms with Gasteiger partial charge in [-0.05, 0) is 18.2 Å². The molecule has 0 amide bonds. The average Bonchev–Trinajstić information content (AvgIpc) is 3.05. The summed E-state index contributed by atoms with van der Waals surface area (Å²) in [5, 5.41) is 20.1. The summed E-state index contributed by atoms with van der Waals surface area (Å²) in [6.45, 7) is 3.62. The monoisotopic (exact) mass is 370 g/mol. The van der Waals surface area contributed by atoms with Gasteiger partial charge in [0.1, 0.15) is 24.6 Å². The van der Waals surface area contributed by atoms with Gasteiger partial charge in [-0.2, -0.15) is 13.2 Å². The number of benzene rings is 1. The van der Waals surface area contributed by atoms with Crippen molar-refractivity contribution in [3.63, 3.8) is 0 Å². The first-order chi connectivity index (χ1) is 12.2.